The largest absolute Gasteiger partial charge is 0.326 e. The van der Waals surface area contributed by atoms with E-state index in [2.05, 4.69) is 34.5 Å². The summed E-state index contributed by atoms with van der Waals surface area (Å²) >= 11 is 0. The highest BCUT2D eigenvalue weighted by Gasteiger charge is 2.22. The first-order chi connectivity index (χ1) is 15.0. The molecular weight excluding hydrogens is 389 g/mol. The Morgan fingerprint density at radius 3 is 2.35 bits per heavy atom. The molecule has 1 aromatic heterocycles. The second-order valence-electron chi connectivity index (χ2n) is 8.29. The Hall–Kier alpha value is -3.05. The molecule has 0 bridgehead atoms. The maximum absolute atomic E-state index is 13.1. The van der Waals surface area contributed by atoms with E-state index in [1.165, 1.54) is 30.3 Å². The van der Waals surface area contributed by atoms with Crippen LogP contribution in [0.3, 0.4) is 0 Å². The van der Waals surface area contributed by atoms with Gasteiger partial charge in [0.05, 0.1) is 0 Å². The maximum Gasteiger partial charge on any atom is 0.221 e. The molecule has 1 aliphatic rings. The molecule has 3 aromatic rings. The van der Waals surface area contributed by atoms with Crippen LogP contribution in [-0.4, -0.2) is 28.9 Å². The minimum absolute atomic E-state index is 0.0508. The molecule has 160 valence electrons. The predicted molar refractivity (Wildman–Crippen MR) is 121 cm³/mol. The standard InChI is InChI=1S/C26H28FN3O/c1-19(31)28-24-11-7-21(8-12-24)18-30-15-13-22(14-16-30)26-4-2-3-25(29-26)17-20-5-9-23(27)10-6-20/h2-12,22H,13-18H2,1H3,(H,28,31). The van der Waals surface area contributed by atoms with Gasteiger partial charge in [-0.25, -0.2) is 4.39 Å². The van der Waals surface area contributed by atoms with E-state index in [9.17, 15) is 9.18 Å². The molecule has 0 unspecified atom stereocenters. The number of carbonyl (C=O) groups is 1. The molecule has 0 saturated carbocycles. The van der Waals surface area contributed by atoms with E-state index in [-0.39, 0.29) is 11.7 Å². The van der Waals surface area contributed by atoms with Crippen molar-refractivity contribution in [1.29, 1.82) is 0 Å². The molecule has 1 aliphatic heterocycles. The number of anilines is 1. The van der Waals surface area contributed by atoms with Gasteiger partial charge >= 0.3 is 0 Å². The van der Waals surface area contributed by atoms with Gasteiger partial charge in [0.1, 0.15) is 5.82 Å². The van der Waals surface area contributed by atoms with Crippen LogP contribution in [0.1, 0.15) is 48.2 Å². The van der Waals surface area contributed by atoms with Gasteiger partial charge in [-0.2, -0.15) is 0 Å². The molecule has 0 radical (unpaired) electrons. The van der Waals surface area contributed by atoms with Crippen molar-refractivity contribution in [2.24, 2.45) is 0 Å². The smallest absolute Gasteiger partial charge is 0.221 e. The van der Waals surface area contributed by atoms with E-state index in [1.807, 2.05) is 30.3 Å². The van der Waals surface area contributed by atoms with Crippen molar-refractivity contribution in [3.05, 3.63) is 95.1 Å². The first-order valence-electron chi connectivity index (χ1n) is 10.8. The van der Waals surface area contributed by atoms with Crippen LogP contribution in [0.25, 0.3) is 0 Å². The van der Waals surface area contributed by atoms with Crippen molar-refractivity contribution < 1.29 is 9.18 Å². The molecule has 4 nitrogen and oxygen atoms in total. The Bertz CT molecular complexity index is 1010. The molecule has 0 atom stereocenters. The number of hydrogen-bond acceptors (Lipinski definition) is 3. The zero-order valence-corrected chi connectivity index (χ0v) is 17.9. The number of nitrogens with one attached hydrogen (secondary N) is 1. The summed E-state index contributed by atoms with van der Waals surface area (Å²) in [7, 11) is 0. The Balaban J connectivity index is 1.31. The molecule has 4 rings (SSSR count). The summed E-state index contributed by atoms with van der Waals surface area (Å²) in [5.74, 6) is 0.220. The lowest BCUT2D eigenvalue weighted by molar-refractivity contribution is -0.114. The van der Waals surface area contributed by atoms with Crippen molar-refractivity contribution in [1.82, 2.24) is 9.88 Å². The molecule has 2 heterocycles. The number of aromatic nitrogens is 1. The quantitative estimate of drug-likeness (QED) is 0.603. The molecule has 1 N–H and O–H groups in total. The van der Waals surface area contributed by atoms with Gasteiger partial charge in [-0.1, -0.05) is 30.3 Å². The van der Waals surface area contributed by atoms with Gasteiger partial charge in [-0.05, 0) is 73.5 Å². The highest BCUT2D eigenvalue weighted by Crippen LogP contribution is 2.28. The van der Waals surface area contributed by atoms with Gasteiger partial charge in [0.15, 0.2) is 0 Å². The number of amides is 1. The van der Waals surface area contributed by atoms with Crippen molar-refractivity contribution in [2.45, 2.75) is 38.6 Å². The van der Waals surface area contributed by atoms with Gasteiger partial charge in [0, 0.05) is 42.9 Å². The molecule has 0 spiro atoms. The number of piperidine rings is 1. The molecular formula is C26H28FN3O. The second kappa shape index (κ2) is 9.84. The summed E-state index contributed by atoms with van der Waals surface area (Å²) in [5.41, 5.74) is 5.36. The number of halogens is 1. The third-order valence-corrected chi connectivity index (χ3v) is 5.81. The van der Waals surface area contributed by atoms with Gasteiger partial charge in [0.25, 0.3) is 0 Å². The van der Waals surface area contributed by atoms with E-state index >= 15 is 0 Å². The fourth-order valence-electron chi connectivity index (χ4n) is 4.18. The molecule has 31 heavy (non-hydrogen) atoms. The lowest BCUT2D eigenvalue weighted by Crippen LogP contribution is -2.32. The lowest BCUT2D eigenvalue weighted by atomic mass is 9.92. The number of rotatable bonds is 6. The second-order valence-corrected chi connectivity index (χ2v) is 8.29. The highest BCUT2D eigenvalue weighted by molar-refractivity contribution is 5.88. The van der Waals surface area contributed by atoms with Gasteiger partial charge in [-0.3, -0.25) is 14.7 Å². The number of nitrogens with zero attached hydrogens (tertiary/aromatic N) is 2. The fourth-order valence-corrected chi connectivity index (χ4v) is 4.18. The van der Waals surface area contributed by atoms with E-state index < -0.39 is 0 Å². The summed E-state index contributed by atoms with van der Waals surface area (Å²) in [5, 5.41) is 2.81. The summed E-state index contributed by atoms with van der Waals surface area (Å²) in [6.07, 6.45) is 2.91. The normalized spacial score (nSPS) is 15.0. The van der Waals surface area contributed by atoms with Gasteiger partial charge < -0.3 is 5.32 Å². The summed E-state index contributed by atoms with van der Waals surface area (Å²) < 4.78 is 13.1. The van der Waals surface area contributed by atoms with E-state index in [1.54, 1.807) is 0 Å². The summed E-state index contributed by atoms with van der Waals surface area (Å²) in [6, 6.07) is 21.0. The average molecular weight is 418 g/mol. The SMILES string of the molecule is CC(=O)Nc1ccc(CN2CCC(c3cccc(Cc4ccc(F)cc4)n3)CC2)cc1. The van der Waals surface area contributed by atoms with Crippen LogP contribution in [0, 0.1) is 5.82 Å². The molecule has 5 heteroatoms. The molecule has 1 amide bonds. The van der Waals surface area contributed by atoms with Gasteiger partial charge in [0.2, 0.25) is 5.91 Å². The molecule has 1 fully saturated rings. The zero-order valence-electron chi connectivity index (χ0n) is 17.9. The van der Waals surface area contributed by atoms with Crippen molar-refractivity contribution in [3.63, 3.8) is 0 Å². The number of hydrogen-bond donors (Lipinski definition) is 1. The van der Waals surface area contributed by atoms with Crippen LogP contribution in [-0.2, 0) is 17.8 Å². The van der Waals surface area contributed by atoms with Crippen LogP contribution in [0.4, 0.5) is 10.1 Å². The Labute approximate surface area is 183 Å². The third kappa shape index (κ3) is 5.98. The predicted octanol–water partition coefficient (Wildman–Crippen LogP) is 5.15. The molecule has 1 saturated heterocycles. The monoisotopic (exact) mass is 417 g/mol. The lowest BCUT2D eigenvalue weighted by Gasteiger charge is -2.32. The summed E-state index contributed by atoms with van der Waals surface area (Å²) in [6.45, 7) is 4.53. The van der Waals surface area contributed by atoms with E-state index in [0.29, 0.717) is 5.92 Å². The van der Waals surface area contributed by atoms with Crippen LogP contribution in [0.15, 0.2) is 66.7 Å². The highest BCUT2D eigenvalue weighted by atomic mass is 19.1. The van der Waals surface area contributed by atoms with Crippen molar-refractivity contribution >= 4 is 11.6 Å². The van der Waals surface area contributed by atoms with E-state index in [4.69, 9.17) is 4.98 Å². The Morgan fingerprint density at radius 1 is 1.00 bits per heavy atom. The average Bonchev–Trinajstić information content (AvgIpc) is 2.77. The Kier molecular flexibility index (Phi) is 6.73. The number of carbonyl (C=O) groups excluding carboxylic acids is 1. The number of pyridine rings is 1. The topological polar surface area (TPSA) is 45.2 Å². The van der Waals surface area contributed by atoms with Crippen LogP contribution in [0.2, 0.25) is 0 Å². The first-order valence-corrected chi connectivity index (χ1v) is 10.8. The molecule has 0 aliphatic carbocycles. The third-order valence-electron chi connectivity index (χ3n) is 5.81. The minimum atomic E-state index is -0.208. The summed E-state index contributed by atoms with van der Waals surface area (Å²) in [4.78, 5) is 18.5. The van der Waals surface area contributed by atoms with E-state index in [0.717, 1.165) is 55.8 Å². The number of likely N-dealkylation sites (tertiary alicyclic amines) is 1. The van der Waals surface area contributed by atoms with Crippen molar-refractivity contribution in [2.75, 3.05) is 18.4 Å². The van der Waals surface area contributed by atoms with Crippen LogP contribution < -0.4 is 5.32 Å². The maximum atomic E-state index is 13.1. The van der Waals surface area contributed by atoms with Crippen molar-refractivity contribution in [3.8, 4) is 0 Å². The van der Waals surface area contributed by atoms with Gasteiger partial charge in [-0.15, -0.1) is 0 Å². The minimum Gasteiger partial charge on any atom is -0.326 e. The first kappa shape index (κ1) is 21.2. The number of benzene rings is 2. The van der Waals surface area contributed by atoms with Crippen LogP contribution >= 0.6 is 0 Å². The zero-order chi connectivity index (χ0) is 21.6. The fraction of sp³-hybridized carbons (Fsp3) is 0.308. The Morgan fingerprint density at radius 2 is 1.68 bits per heavy atom. The van der Waals surface area contributed by atoms with Crippen LogP contribution in [0.5, 0.6) is 0 Å². The molecule has 2 aromatic carbocycles.